The minimum Gasteiger partial charge on any atom is -0.423 e. The summed E-state index contributed by atoms with van der Waals surface area (Å²) in [5.41, 5.74) is 5.51. The van der Waals surface area contributed by atoms with Crippen molar-refractivity contribution in [3.8, 4) is 27.9 Å². The molecule has 0 amide bonds. The third kappa shape index (κ3) is 15.8. The van der Waals surface area contributed by atoms with Crippen LogP contribution in [0, 0.1) is 70.3 Å². The highest BCUT2D eigenvalue weighted by Gasteiger charge is 2.22. The number of aromatic nitrogens is 1. The lowest BCUT2D eigenvalue weighted by atomic mass is 9.80. The van der Waals surface area contributed by atoms with Gasteiger partial charge < -0.3 is 14.6 Å². The van der Waals surface area contributed by atoms with Gasteiger partial charge in [0, 0.05) is 68.4 Å². The molecule has 0 saturated carbocycles. The van der Waals surface area contributed by atoms with Crippen molar-refractivity contribution in [3.05, 3.63) is 304 Å². The lowest BCUT2D eigenvalue weighted by Crippen LogP contribution is -2.30. The Labute approximate surface area is 479 Å². The zero-order chi connectivity index (χ0) is 58.3. The van der Waals surface area contributed by atoms with Crippen LogP contribution >= 0.6 is 38.5 Å². The highest BCUT2D eigenvalue weighted by atomic mass is 127. The molecule has 408 valence electrons. The number of halogens is 10. The first-order valence-corrected chi connectivity index (χ1v) is 25.8. The number of fused-ring (bicyclic) bond motifs is 6. The normalized spacial score (nSPS) is 10.6. The van der Waals surface area contributed by atoms with Crippen LogP contribution in [0.25, 0.3) is 49.7 Å². The van der Waals surface area contributed by atoms with Gasteiger partial charge in [-0.2, -0.15) is 0 Å². The summed E-state index contributed by atoms with van der Waals surface area (Å²) in [6.45, 7) is 0. The van der Waals surface area contributed by atoms with Crippen LogP contribution in [0.1, 0.15) is 11.1 Å². The minimum absolute atomic E-state index is 0.0995. The molecular weight excluding hydrogens is 1240 g/mol. The molecule has 0 spiro atoms. The quantitative estimate of drug-likeness (QED) is 0.0580. The number of nitro benzene ring substituents is 2. The molecular formula is C61H40BBrF8IN3O6. The van der Waals surface area contributed by atoms with E-state index in [9.17, 15) is 55.4 Å². The first-order chi connectivity index (χ1) is 38.8. The van der Waals surface area contributed by atoms with Crippen molar-refractivity contribution in [2.75, 3.05) is 0 Å². The molecule has 1 aliphatic rings. The third-order valence-electron chi connectivity index (χ3n) is 11.8. The molecule has 2 N–H and O–H groups in total. The van der Waals surface area contributed by atoms with E-state index in [1.54, 1.807) is 24.3 Å². The molecule has 12 rings (SSSR count). The Balaban J connectivity index is 0.000000145. The van der Waals surface area contributed by atoms with Gasteiger partial charge in [-0.15, -0.1) is 0 Å². The number of nitro groups is 2. The van der Waals surface area contributed by atoms with Gasteiger partial charge in [-0.25, -0.2) is 35.1 Å². The Morgan fingerprint density at radius 2 is 0.963 bits per heavy atom. The average molecular weight is 1280 g/mol. The van der Waals surface area contributed by atoms with Crippen molar-refractivity contribution < 1.29 is 55.0 Å². The van der Waals surface area contributed by atoms with Gasteiger partial charge in [-0.1, -0.05) is 103 Å². The minimum atomic E-state index is -1.83. The van der Waals surface area contributed by atoms with E-state index in [4.69, 9.17) is 10.0 Å². The second kappa shape index (κ2) is 28.0. The van der Waals surface area contributed by atoms with Crippen molar-refractivity contribution in [2.45, 2.75) is 6.42 Å². The van der Waals surface area contributed by atoms with Gasteiger partial charge in [0.25, 0.3) is 11.4 Å². The van der Waals surface area contributed by atoms with E-state index in [1.807, 2.05) is 102 Å². The molecule has 0 radical (unpaired) electrons. The van der Waals surface area contributed by atoms with Crippen molar-refractivity contribution in [2.24, 2.45) is 0 Å². The standard InChI is InChI=1S/C18H11F2N.C13H8F2.C12H7F2NO2.C6H5BF2O2.C6H4BrNO2.C6H5I/c19-12-10-15-14-8-4-5-9-17(14)21(18(15)16(20)11-12)13-6-2-1-3-7-13;14-9-6-11-10-4-2-1-3-8(10)5-12(11)13(15)7-9;13-9-5-8(6-10(14)7-9)11-3-1-2-4-12(11)15(16)17;8-5-1-4(7(10)11)2-6(9)3-5;7-5-3-1-2-4-6(5)8(9)10;7-6-4-2-1-3-5-6/h1-11H;1-4,6-7H,5H2;1-7H;1-3,10-11H;1-4H;1-5H. The summed E-state index contributed by atoms with van der Waals surface area (Å²) in [4.78, 5) is 20.0. The molecule has 11 aromatic rings. The molecule has 9 nitrogen and oxygen atoms in total. The maximum absolute atomic E-state index is 14.4. The molecule has 0 saturated heterocycles. The van der Waals surface area contributed by atoms with E-state index < -0.39 is 63.5 Å². The van der Waals surface area contributed by atoms with Crippen LogP contribution in [0.15, 0.2) is 223 Å². The second-order valence-electron chi connectivity index (χ2n) is 17.2. The summed E-state index contributed by atoms with van der Waals surface area (Å²) in [7, 11) is -1.83. The molecule has 0 bridgehead atoms. The van der Waals surface area contributed by atoms with Crippen LogP contribution in [0.2, 0.25) is 0 Å². The Bertz CT molecular complexity index is 3970. The molecule has 10 aromatic carbocycles. The predicted octanol–water partition coefficient (Wildman–Crippen LogP) is 16.4. The lowest BCUT2D eigenvalue weighted by molar-refractivity contribution is -0.385. The summed E-state index contributed by atoms with van der Waals surface area (Å²) in [5, 5.41) is 39.4. The number of hydrogen-bond acceptors (Lipinski definition) is 6. The van der Waals surface area contributed by atoms with Crippen molar-refractivity contribution >= 4 is 84.3 Å². The maximum atomic E-state index is 14.4. The van der Waals surface area contributed by atoms with Crippen LogP contribution in [-0.2, 0) is 6.42 Å². The summed E-state index contributed by atoms with van der Waals surface area (Å²) in [5.74, 6) is -5.25. The lowest BCUT2D eigenvalue weighted by Gasteiger charge is -2.07. The van der Waals surface area contributed by atoms with Crippen LogP contribution < -0.4 is 5.46 Å². The molecule has 1 aliphatic carbocycles. The Kier molecular flexibility index (Phi) is 20.8. The number of rotatable bonds is 5. The predicted molar refractivity (Wildman–Crippen MR) is 310 cm³/mol. The largest absolute Gasteiger partial charge is 0.488 e. The molecule has 0 aliphatic heterocycles. The highest BCUT2D eigenvalue weighted by Crippen LogP contribution is 2.38. The van der Waals surface area contributed by atoms with Gasteiger partial charge in [0.05, 0.1) is 30.9 Å². The van der Waals surface area contributed by atoms with E-state index in [2.05, 4.69) is 50.7 Å². The average Bonchev–Trinajstić information content (AvgIpc) is 4.11. The summed E-state index contributed by atoms with van der Waals surface area (Å²) >= 11 is 5.33. The van der Waals surface area contributed by atoms with Crippen LogP contribution in [0.4, 0.5) is 46.5 Å². The molecule has 1 heterocycles. The fourth-order valence-corrected chi connectivity index (χ4v) is 9.18. The van der Waals surface area contributed by atoms with Gasteiger partial charge in [-0.05, 0) is 145 Å². The monoisotopic (exact) mass is 1280 g/mol. The molecule has 0 unspecified atom stereocenters. The Morgan fingerprint density at radius 1 is 0.481 bits per heavy atom. The molecule has 0 atom stereocenters. The van der Waals surface area contributed by atoms with E-state index in [0.29, 0.717) is 39.0 Å². The summed E-state index contributed by atoms with van der Waals surface area (Å²) in [6, 6.07) is 57.1. The van der Waals surface area contributed by atoms with Crippen molar-refractivity contribution in [1.82, 2.24) is 4.57 Å². The van der Waals surface area contributed by atoms with Gasteiger partial charge in [-0.3, -0.25) is 20.2 Å². The highest BCUT2D eigenvalue weighted by molar-refractivity contribution is 14.1. The van der Waals surface area contributed by atoms with Gasteiger partial charge in [0.1, 0.15) is 40.7 Å². The first-order valence-electron chi connectivity index (χ1n) is 23.9. The first kappa shape index (κ1) is 60.1. The zero-order valence-electron chi connectivity index (χ0n) is 41.7. The smallest absolute Gasteiger partial charge is 0.423 e. The van der Waals surface area contributed by atoms with E-state index >= 15 is 0 Å². The maximum Gasteiger partial charge on any atom is 0.488 e. The second-order valence-corrected chi connectivity index (χ2v) is 19.3. The topological polar surface area (TPSA) is 132 Å². The van der Waals surface area contributed by atoms with Gasteiger partial charge >= 0.3 is 7.12 Å². The summed E-state index contributed by atoms with van der Waals surface area (Å²) in [6.07, 6.45) is 0.567. The van der Waals surface area contributed by atoms with E-state index in [1.165, 1.54) is 40.0 Å². The van der Waals surface area contributed by atoms with Gasteiger partial charge in [0.2, 0.25) is 0 Å². The number of hydrogen-bond donors (Lipinski definition) is 2. The van der Waals surface area contributed by atoms with Crippen LogP contribution in [0.3, 0.4) is 0 Å². The molecule has 20 heteroatoms. The fraction of sp³-hybridized carbons (Fsp3) is 0.0164. The van der Waals surface area contributed by atoms with E-state index in [-0.39, 0.29) is 28.0 Å². The number of para-hydroxylation sites is 4. The third-order valence-corrected chi connectivity index (χ3v) is 13.2. The van der Waals surface area contributed by atoms with Crippen LogP contribution in [-0.4, -0.2) is 31.6 Å². The Hall–Kier alpha value is -8.57. The summed E-state index contributed by atoms with van der Waals surface area (Å²) < 4.78 is 109. The van der Waals surface area contributed by atoms with Crippen molar-refractivity contribution in [1.29, 1.82) is 0 Å². The van der Waals surface area contributed by atoms with Gasteiger partial charge in [0.15, 0.2) is 5.82 Å². The number of benzene rings is 10. The SMILES string of the molecule is Fc1cc(F)c2c(c1)-c1ccccc1C2.Fc1cc(F)c2c(c1)c1ccccc1n2-c1ccccc1.Ic1ccccc1.O=[N+]([O-])c1ccccc1-c1cc(F)cc(F)c1.O=[N+]([O-])c1ccccc1Br.OB(O)c1cc(F)cc(F)c1. The Morgan fingerprint density at radius 3 is 1.53 bits per heavy atom. The van der Waals surface area contributed by atoms with Crippen LogP contribution in [0.5, 0.6) is 0 Å². The zero-order valence-corrected chi connectivity index (χ0v) is 45.5. The molecule has 1 aromatic heterocycles. The molecule has 0 fully saturated rings. The number of nitrogens with zero attached hydrogens (tertiary/aromatic N) is 3. The van der Waals surface area contributed by atoms with Crippen molar-refractivity contribution in [3.63, 3.8) is 0 Å². The van der Waals surface area contributed by atoms with E-state index in [0.717, 1.165) is 70.2 Å². The fourth-order valence-electron chi connectivity index (χ4n) is 8.34. The molecule has 81 heavy (non-hydrogen) atoms.